The first-order valence-electron chi connectivity index (χ1n) is 0.365. The Morgan fingerprint density at radius 2 is 1.20 bits per heavy atom. The van der Waals surface area contributed by atoms with Gasteiger partial charge in [0.1, 0.15) is 0 Å². The summed E-state index contributed by atoms with van der Waals surface area (Å²) in [6.07, 6.45) is 0. The smallest absolute Gasteiger partial charge is 0 e. The quantitative estimate of drug-likeness (QED) is 0.293. The van der Waals surface area contributed by atoms with Crippen molar-refractivity contribution in [3.05, 3.63) is 0 Å². The largest absolute Gasteiger partial charge is 0.221 e. The van der Waals surface area contributed by atoms with Crippen LogP contribution >= 0.6 is 0 Å². The van der Waals surface area contributed by atoms with Crippen LogP contribution in [0.4, 0.5) is 0 Å². The maximum atomic E-state index is 6.62. The van der Waals surface area contributed by atoms with Crippen molar-refractivity contribution >= 4 is 17.4 Å². The summed E-state index contributed by atoms with van der Waals surface area (Å²) in [5.74, 6) is 0. The van der Waals surface area contributed by atoms with Crippen molar-refractivity contribution in [3.63, 3.8) is 0 Å². The number of rotatable bonds is 0. The Bertz CT molecular complexity index is 6.85. The van der Waals surface area contributed by atoms with Crippen molar-refractivity contribution in [3.8, 4) is 0 Å². The van der Waals surface area contributed by atoms with E-state index in [2.05, 4.69) is 5.04 Å². The molecule has 0 fully saturated rings. The first-order chi connectivity index (χ1) is 1.41. The van der Waals surface area contributed by atoms with Crippen molar-refractivity contribution in [1.29, 1.82) is 0 Å². The minimum atomic E-state index is 0. The van der Waals surface area contributed by atoms with Gasteiger partial charge in [0, 0.05) is 43.6 Å². The molecule has 0 atom stereocenters. The molecule has 0 unspecified atom stereocenters. The Labute approximate surface area is 59.1 Å². The number of hydrogen-bond donors (Lipinski definition) is 2. The molecule has 0 aromatic carbocycles. The van der Waals surface area contributed by atoms with Crippen LogP contribution < -0.4 is 0 Å². The molecule has 3 nitrogen and oxygen atoms in total. The Balaban J connectivity index is -0.0000000200. The van der Waals surface area contributed by atoms with Crippen LogP contribution in [0.1, 0.15) is 0 Å². The van der Waals surface area contributed by atoms with Crippen molar-refractivity contribution < 1.29 is 41.8 Å². The molecule has 0 heterocycles. The van der Waals surface area contributed by atoms with Gasteiger partial charge >= 0.3 is 0 Å². The summed E-state index contributed by atoms with van der Waals surface area (Å²) >= 11 is 0. The fourth-order valence-electron chi connectivity index (χ4n) is 0. The average molecular weight is 168 g/mol. The summed E-state index contributed by atoms with van der Waals surface area (Å²) in [6, 6.07) is 0. The van der Waals surface area contributed by atoms with Crippen LogP contribution in [0.5, 0.6) is 0 Å². The van der Waals surface area contributed by atoms with Gasteiger partial charge in [0.25, 0.3) is 0 Å². The first-order valence-corrected chi connectivity index (χ1v) is 0.365. The van der Waals surface area contributed by atoms with Crippen molar-refractivity contribution in [2.75, 3.05) is 0 Å². The predicted molar refractivity (Wildman–Crippen MR) is 12.1 cm³/mol. The predicted octanol–water partition coefficient (Wildman–Crippen LogP) is -0.434. The van der Waals surface area contributed by atoms with E-state index in [1.165, 1.54) is 0 Å². The summed E-state index contributed by atoms with van der Waals surface area (Å²) in [6.45, 7) is 0. The van der Waals surface area contributed by atoms with E-state index in [0.29, 0.717) is 0 Å². The molecule has 3 radical (unpaired) electrons. The molecule has 0 aromatic rings. The van der Waals surface area contributed by atoms with Crippen LogP contribution in [-0.2, 0) is 31.2 Å². The zero-order valence-corrected chi connectivity index (χ0v) is 5.99. The van der Waals surface area contributed by atoms with Gasteiger partial charge in [-0.15, -0.1) is 0 Å². The minimum absolute atomic E-state index is 0. The van der Waals surface area contributed by atoms with Crippen molar-refractivity contribution in [1.82, 2.24) is 0 Å². The molecule has 0 spiro atoms. The van der Waals surface area contributed by atoms with Gasteiger partial charge in [0.2, 0.25) is 0 Å². The molecule has 0 aliphatic carbocycles. The third kappa shape index (κ3) is 34.3. The average Bonchev–Trinajstić information content (AvgIpc) is 0.918. The third-order valence-electron chi connectivity index (χ3n) is 0. The van der Waals surface area contributed by atoms with E-state index in [1.54, 1.807) is 0 Å². The topological polar surface area (TPSA) is 49.7 Å². The molecule has 0 aliphatic heterocycles. The van der Waals surface area contributed by atoms with E-state index >= 15 is 0 Å². The Morgan fingerprint density at radius 1 is 1.20 bits per heavy atom. The van der Waals surface area contributed by atoms with Gasteiger partial charge in [0.05, 0.1) is 0 Å². The normalized spacial score (nSPS) is 3.60. The first kappa shape index (κ1) is 16.3. The van der Waals surface area contributed by atoms with Gasteiger partial charge in [0.15, 0.2) is 0 Å². The molecular formula is H2AlO3Zr. The minimum Gasteiger partial charge on any atom is -0.221 e. The molecule has 0 amide bonds. The molecule has 5 heteroatoms. The summed E-state index contributed by atoms with van der Waals surface area (Å²) in [5.41, 5.74) is 0. The van der Waals surface area contributed by atoms with Gasteiger partial charge in [-0.05, 0) is 0 Å². The van der Waals surface area contributed by atoms with E-state index in [4.69, 9.17) is 10.5 Å². The second kappa shape index (κ2) is 18.5. The molecule has 0 saturated carbocycles. The molecule has 2 N–H and O–H groups in total. The maximum Gasteiger partial charge on any atom is 0 e. The molecule has 5 heavy (non-hydrogen) atoms. The van der Waals surface area contributed by atoms with Crippen LogP contribution in [0.3, 0.4) is 0 Å². The van der Waals surface area contributed by atoms with Crippen molar-refractivity contribution in [2.45, 2.75) is 0 Å². The Kier molecular flexibility index (Phi) is 60.3. The van der Waals surface area contributed by atoms with Gasteiger partial charge < -0.3 is 0 Å². The fraction of sp³-hybridized carbons (Fsp3) is 0. The molecule has 0 aliphatic rings. The van der Waals surface area contributed by atoms with E-state index in [1.807, 2.05) is 0 Å². The SMILES string of the molecule is OOO.[Al].[Zr]. The third-order valence-corrected chi connectivity index (χ3v) is 0. The van der Waals surface area contributed by atoms with Gasteiger partial charge in [-0.25, -0.2) is 10.5 Å². The van der Waals surface area contributed by atoms with E-state index in [-0.39, 0.29) is 43.6 Å². The van der Waals surface area contributed by atoms with Gasteiger partial charge in [-0.2, -0.15) is 0 Å². The van der Waals surface area contributed by atoms with Gasteiger partial charge in [-0.3, -0.25) is 0 Å². The zero-order valence-electron chi connectivity index (χ0n) is 2.38. The molecule has 0 rings (SSSR count). The van der Waals surface area contributed by atoms with Gasteiger partial charge in [-0.1, -0.05) is 5.04 Å². The molecule has 0 bridgehead atoms. The monoisotopic (exact) mass is 167 g/mol. The molecule has 27 valence electrons. The summed E-state index contributed by atoms with van der Waals surface area (Å²) in [5, 5.41) is 15.5. The Hall–Kier alpha value is 1.30. The summed E-state index contributed by atoms with van der Waals surface area (Å²) < 4.78 is 0. The van der Waals surface area contributed by atoms with Crippen LogP contribution in [0, 0.1) is 0 Å². The van der Waals surface area contributed by atoms with E-state index in [9.17, 15) is 0 Å². The molecule has 0 saturated heterocycles. The maximum absolute atomic E-state index is 6.62. The van der Waals surface area contributed by atoms with Crippen LogP contribution in [0.2, 0.25) is 0 Å². The fourth-order valence-corrected chi connectivity index (χ4v) is 0. The number of hydrogen-bond acceptors (Lipinski definition) is 3. The second-order valence-corrected chi connectivity index (χ2v) is 0.0816. The summed E-state index contributed by atoms with van der Waals surface area (Å²) in [4.78, 5) is 0. The summed E-state index contributed by atoms with van der Waals surface area (Å²) in [7, 11) is 0. The standard InChI is InChI=1S/Al.H2O3.Zr/c;1-3-2;/h;1-2H;. The van der Waals surface area contributed by atoms with Crippen LogP contribution in [-0.4, -0.2) is 27.9 Å². The van der Waals surface area contributed by atoms with Crippen molar-refractivity contribution in [2.24, 2.45) is 0 Å². The van der Waals surface area contributed by atoms with Crippen LogP contribution in [0.15, 0.2) is 0 Å². The second-order valence-electron chi connectivity index (χ2n) is 0.0816. The van der Waals surface area contributed by atoms with Crippen LogP contribution in [0.25, 0.3) is 0 Å². The molecular weight excluding hydrogens is 166 g/mol. The Morgan fingerprint density at radius 3 is 1.20 bits per heavy atom. The van der Waals surface area contributed by atoms with E-state index in [0.717, 1.165) is 0 Å². The van der Waals surface area contributed by atoms with E-state index < -0.39 is 0 Å². The zero-order chi connectivity index (χ0) is 2.71. The molecule has 0 aromatic heterocycles.